The third kappa shape index (κ3) is 5.61. The van der Waals surface area contributed by atoms with Crippen molar-refractivity contribution in [2.45, 2.75) is 32.4 Å². The molecule has 2 fully saturated rings. The van der Waals surface area contributed by atoms with E-state index in [2.05, 4.69) is 24.1 Å². The van der Waals surface area contributed by atoms with Gasteiger partial charge in [-0.25, -0.2) is 13.2 Å². The van der Waals surface area contributed by atoms with Crippen LogP contribution in [0.4, 0.5) is 4.79 Å². The van der Waals surface area contributed by atoms with Gasteiger partial charge in [-0.15, -0.1) is 0 Å². The average Bonchev–Trinajstić information content (AvgIpc) is 2.84. The summed E-state index contributed by atoms with van der Waals surface area (Å²) in [5, 5.41) is 2.87. The van der Waals surface area contributed by atoms with E-state index in [0.29, 0.717) is 25.5 Å². The lowest BCUT2D eigenvalue weighted by molar-refractivity contribution is -0.0294. The van der Waals surface area contributed by atoms with Gasteiger partial charge in [-0.1, -0.05) is 13.8 Å². The highest BCUT2D eigenvalue weighted by molar-refractivity contribution is 7.91. The molecular formula is C15H29N3O4S. The van der Waals surface area contributed by atoms with Crippen molar-refractivity contribution in [2.24, 2.45) is 5.92 Å². The van der Waals surface area contributed by atoms with Gasteiger partial charge in [0.15, 0.2) is 9.84 Å². The third-order valence-corrected chi connectivity index (χ3v) is 6.15. The van der Waals surface area contributed by atoms with Gasteiger partial charge in [-0.2, -0.15) is 0 Å². The van der Waals surface area contributed by atoms with Crippen molar-refractivity contribution in [2.75, 3.05) is 51.3 Å². The number of urea groups is 1. The molecule has 0 bridgehead atoms. The molecule has 2 heterocycles. The van der Waals surface area contributed by atoms with Crippen molar-refractivity contribution in [3.05, 3.63) is 0 Å². The fourth-order valence-corrected chi connectivity index (χ4v) is 4.93. The lowest BCUT2D eigenvalue weighted by Gasteiger charge is -2.34. The number of nitrogens with one attached hydrogen (secondary N) is 1. The number of carbonyl (C=O) groups is 1. The van der Waals surface area contributed by atoms with Gasteiger partial charge in [0.1, 0.15) is 0 Å². The van der Waals surface area contributed by atoms with Gasteiger partial charge in [0, 0.05) is 39.3 Å². The molecule has 134 valence electrons. The van der Waals surface area contributed by atoms with Gasteiger partial charge >= 0.3 is 6.03 Å². The van der Waals surface area contributed by atoms with Crippen LogP contribution in [0.3, 0.4) is 0 Å². The Bertz CT molecular complexity index is 509. The van der Waals surface area contributed by atoms with Crippen LogP contribution in [0.15, 0.2) is 0 Å². The van der Waals surface area contributed by atoms with Gasteiger partial charge in [0.05, 0.1) is 24.2 Å². The fraction of sp³-hybridized carbons (Fsp3) is 0.933. The smallest absolute Gasteiger partial charge is 0.317 e. The fourth-order valence-electron chi connectivity index (χ4n) is 3.16. The highest BCUT2D eigenvalue weighted by Gasteiger charge is 2.33. The number of carbonyl (C=O) groups excluding carboxylic acids is 1. The van der Waals surface area contributed by atoms with Crippen LogP contribution in [-0.4, -0.2) is 87.7 Å². The predicted octanol–water partition coefficient (Wildman–Crippen LogP) is 0.172. The second-order valence-electron chi connectivity index (χ2n) is 7.00. The van der Waals surface area contributed by atoms with Gasteiger partial charge in [0.25, 0.3) is 0 Å². The molecule has 1 N–H and O–H groups in total. The molecule has 0 radical (unpaired) electrons. The summed E-state index contributed by atoms with van der Waals surface area (Å²) in [7, 11) is -1.32. The number of hydrogen-bond donors (Lipinski definition) is 1. The molecule has 8 heteroatoms. The van der Waals surface area contributed by atoms with Crippen LogP contribution in [0.5, 0.6) is 0 Å². The normalized spacial score (nSPS) is 28.0. The van der Waals surface area contributed by atoms with Crippen LogP contribution in [-0.2, 0) is 14.6 Å². The summed E-state index contributed by atoms with van der Waals surface area (Å²) < 4.78 is 28.7. The summed E-state index contributed by atoms with van der Waals surface area (Å²) >= 11 is 0. The molecule has 0 unspecified atom stereocenters. The largest absolute Gasteiger partial charge is 0.374 e. The second kappa shape index (κ2) is 7.81. The molecular weight excluding hydrogens is 318 g/mol. The van der Waals surface area contributed by atoms with Crippen LogP contribution in [0, 0.1) is 5.92 Å². The maximum Gasteiger partial charge on any atom is 0.317 e. The first kappa shape index (κ1) is 18.5. The van der Waals surface area contributed by atoms with E-state index < -0.39 is 9.84 Å². The molecule has 2 rings (SSSR count). The monoisotopic (exact) mass is 347 g/mol. The van der Waals surface area contributed by atoms with Crippen molar-refractivity contribution in [1.82, 2.24) is 15.1 Å². The minimum absolute atomic E-state index is 0.00726. The summed E-state index contributed by atoms with van der Waals surface area (Å²) in [4.78, 5) is 16.1. The lowest BCUT2D eigenvalue weighted by Crippen LogP contribution is -2.51. The summed E-state index contributed by atoms with van der Waals surface area (Å²) in [6.45, 7) is 8.31. The summed E-state index contributed by atoms with van der Waals surface area (Å²) in [6, 6.07) is -0.443. The number of hydrogen-bond acceptors (Lipinski definition) is 5. The standard InChI is InChI=1S/C15H29N3O4S/c1-12(2)9-18-5-6-22-14(10-18)8-16-15(19)17(3)13-4-7-23(20,21)11-13/h12-14H,4-11H2,1-3H3,(H,16,19)/t13-,14-/m0/s1. The SMILES string of the molecule is CC(C)CN1CCO[C@@H](CNC(=O)N(C)[C@H]2CCS(=O)(=O)C2)C1. The Hall–Kier alpha value is -0.860. The lowest BCUT2D eigenvalue weighted by atomic mass is 10.2. The Balaban J connectivity index is 1.75. The first-order chi connectivity index (χ1) is 10.8. The quantitative estimate of drug-likeness (QED) is 0.767. The number of morpholine rings is 1. The molecule has 7 nitrogen and oxygen atoms in total. The second-order valence-corrected chi connectivity index (χ2v) is 9.23. The highest BCUT2D eigenvalue weighted by Crippen LogP contribution is 2.16. The molecule has 0 aromatic carbocycles. The summed E-state index contributed by atoms with van der Waals surface area (Å²) in [5.41, 5.74) is 0. The third-order valence-electron chi connectivity index (χ3n) is 4.40. The van der Waals surface area contributed by atoms with Crippen LogP contribution >= 0.6 is 0 Å². The van der Waals surface area contributed by atoms with Gasteiger partial charge in [0.2, 0.25) is 0 Å². The van der Waals surface area contributed by atoms with E-state index in [1.165, 1.54) is 4.90 Å². The number of rotatable bonds is 5. The molecule has 2 aliphatic rings. The Morgan fingerprint density at radius 1 is 1.43 bits per heavy atom. The molecule has 2 aliphatic heterocycles. The van der Waals surface area contributed by atoms with E-state index in [0.717, 1.165) is 19.6 Å². The van der Waals surface area contributed by atoms with Crippen molar-refractivity contribution in [3.8, 4) is 0 Å². The van der Waals surface area contributed by atoms with E-state index in [-0.39, 0.29) is 29.7 Å². The number of nitrogens with zero attached hydrogens (tertiary/aromatic N) is 2. The molecule has 2 atom stereocenters. The van der Waals surface area contributed by atoms with Crippen molar-refractivity contribution in [3.63, 3.8) is 0 Å². The maximum absolute atomic E-state index is 12.2. The first-order valence-electron chi connectivity index (χ1n) is 8.32. The van der Waals surface area contributed by atoms with Crippen molar-refractivity contribution in [1.29, 1.82) is 0 Å². The summed E-state index contributed by atoms with van der Waals surface area (Å²) in [5.74, 6) is 0.850. The number of sulfone groups is 1. The molecule has 0 aliphatic carbocycles. The Morgan fingerprint density at radius 3 is 2.78 bits per heavy atom. The zero-order valence-electron chi connectivity index (χ0n) is 14.3. The molecule has 2 amide bonds. The first-order valence-corrected chi connectivity index (χ1v) is 10.1. The van der Waals surface area contributed by atoms with E-state index >= 15 is 0 Å². The van der Waals surface area contributed by atoms with Gasteiger partial charge in [-0.05, 0) is 12.3 Å². The summed E-state index contributed by atoms with van der Waals surface area (Å²) in [6.07, 6.45) is 0.515. The predicted molar refractivity (Wildman–Crippen MR) is 89.2 cm³/mol. The van der Waals surface area contributed by atoms with E-state index in [1.807, 2.05) is 0 Å². The number of ether oxygens (including phenoxy) is 1. The molecule has 0 aromatic rings. The maximum atomic E-state index is 12.2. The topological polar surface area (TPSA) is 79.0 Å². The zero-order valence-corrected chi connectivity index (χ0v) is 15.1. The minimum Gasteiger partial charge on any atom is -0.374 e. The molecule has 0 spiro atoms. The average molecular weight is 347 g/mol. The van der Waals surface area contributed by atoms with E-state index in [9.17, 15) is 13.2 Å². The van der Waals surface area contributed by atoms with Crippen molar-refractivity contribution >= 4 is 15.9 Å². The van der Waals surface area contributed by atoms with Crippen molar-refractivity contribution < 1.29 is 17.9 Å². The Kier molecular flexibility index (Phi) is 6.27. The Labute approximate surface area is 139 Å². The minimum atomic E-state index is -2.98. The van der Waals surface area contributed by atoms with Crippen LogP contribution in [0.1, 0.15) is 20.3 Å². The van der Waals surface area contributed by atoms with Gasteiger partial charge in [-0.3, -0.25) is 4.90 Å². The van der Waals surface area contributed by atoms with Crippen LogP contribution < -0.4 is 5.32 Å². The van der Waals surface area contributed by atoms with E-state index in [4.69, 9.17) is 4.74 Å². The molecule has 0 saturated carbocycles. The van der Waals surface area contributed by atoms with Crippen LogP contribution in [0.25, 0.3) is 0 Å². The van der Waals surface area contributed by atoms with Crippen LogP contribution in [0.2, 0.25) is 0 Å². The Morgan fingerprint density at radius 2 is 2.17 bits per heavy atom. The van der Waals surface area contributed by atoms with E-state index in [1.54, 1.807) is 7.05 Å². The highest BCUT2D eigenvalue weighted by atomic mass is 32.2. The molecule has 2 saturated heterocycles. The van der Waals surface area contributed by atoms with Gasteiger partial charge < -0.3 is 15.0 Å². The molecule has 23 heavy (non-hydrogen) atoms. The number of amides is 2. The molecule has 0 aromatic heterocycles. The zero-order chi connectivity index (χ0) is 17.0.